The average Bonchev–Trinajstić information content (AvgIpc) is 2.47. The lowest BCUT2D eigenvalue weighted by Gasteiger charge is -2.29. The molecule has 7 heteroatoms. The van der Waals surface area contributed by atoms with E-state index in [0.29, 0.717) is 11.5 Å². The highest BCUT2D eigenvalue weighted by atomic mass is 19.4. The lowest BCUT2D eigenvalue weighted by atomic mass is 9.81. The molecule has 4 nitrogen and oxygen atoms in total. The molecule has 1 aliphatic carbocycles. The number of carbonyl (C=O) groups excluding carboxylic acids is 1. The van der Waals surface area contributed by atoms with Crippen LogP contribution < -0.4 is 10.1 Å². The summed E-state index contributed by atoms with van der Waals surface area (Å²) >= 11 is 0. The van der Waals surface area contributed by atoms with E-state index < -0.39 is 12.8 Å². The van der Waals surface area contributed by atoms with Gasteiger partial charge < -0.3 is 15.2 Å². The number of nitrogens with one attached hydrogen (secondary N) is 1. The number of aliphatic hydroxyl groups is 1. The van der Waals surface area contributed by atoms with E-state index in [1.807, 2.05) is 0 Å². The van der Waals surface area contributed by atoms with Crippen LogP contribution >= 0.6 is 0 Å². The van der Waals surface area contributed by atoms with Gasteiger partial charge in [-0.3, -0.25) is 4.79 Å². The molecule has 134 valence electrons. The molecule has 1 fully saturated rings. The molecule has 0 bridgehead atoms. The lowest BCUT2D eigenvalue weighted by molar-refractivity contribution is -0.153. The number of alkyl halides is 3. The molecule has 0 unspecified atom stereocenters. The molecule has 0 heterocycles. The normalized spacial score (nSPS) is 16.3. The number of ether oxygens (including phenoxy) is 1. The van der Waals surface area contributed by atoms with Crippen LogP contribution in [-0.4, -0.2) is 36.4 Å². The van der Waals surface area contributed by atoms with Crippen molar-refractivity contribution in [2.24, 2.45) is 5.92 Å². The van der Waals surface area contributed by atoms with Gasteiger partial charge in [-0.05, 0) is 30.0 Å². The van der Waals surface area contributed by atoms with Crippen LogP contribution in [0.3, 0.4) is 0 Å². The summed E-state index contributed by atoms with van der Waals surface area (Å²) in [7, 11) is 0. The van der Waals surface area contributed by atoms with Crippen molar-refractivity contribution in [3.05, 3.63) is 29.8 Å². The molecule has 1 atom stereocenters. The molecule has 1 aromatic carbocycles. The summed E-state index contributed by atoms with van der Waals surface area (Å²) < 4.78 is 41.2. The Hall–Kier alpha value is -1.76. The number of halogens is 3. The van der Waals surface area contributed by atoms with E-state index in [1.165, 1.54) is 18.6 Å². The summed E-state index contributed by atoms with van der Waals surface area (Å²) in [6.45, 7) is -1.48. The van der Waals surface area contributed by atoms with Crippen LogP contribution in [0.1, 0.15) is 31.2 Å². The van der Waals surface area contributed by atoms with Crippen molar-refractivity contribution in [3.63, 3.8) is 0 Å². The maximum Gasteiger partial charge on any atom is 0.422 e. The Bertz CT molecular complexity index is 544. The summed E-state index contributed by atoms with van der Waals surface area (Å²) in [5.41, 5.74) is 0.563. The minimum Gasteiger partial charge on any atom is -0.484 e. The third-order valence-corrected chi connectivity index (χ3v) is 4.09. The first-order chi connectivity index (χ1) is 11.4. The molecule has 1 saturated carbocycles. The van der Waals surface area contributed by atoms with Gasteiger partial charge in [0.25, 0.3) is 0 Å². The fourth-order valence-corrected chi connectivity index (χ4v) is 2.68. The van der Waals surface area contributed by atoms with Crippen LogP contribution in [0, 0.1) is 5.92 Å². The number of rotatable bonds is 8. The molecule has 2 N–H and O–H groups in total. The average molecular weight is 345 g/mol. The van der Waals surface area contributed by atoms with Gasteiger partial charge in [-0.2, -0.15) is 13.2 Å². The van der Waals surface area contributed by atoms with Crippen molar-refractivity contribution in [2.45, 2.75) is 44.3 Å². The third kappa shape index (κ3) is 6.39. The van der Waals surface area contributed by atoms with Gasteiger partial charge in [0.05, 0.1) is 19.1 Å². The van der Waals surface area contributed by atoms with Gasteiger partial charge in [0.2, 0.25) is 5.91 Å². The summed E-state index contributed by atoms with van der Waals surface area (Å²) in [6.07, 6.45) is -0.151. The Morgan fingerprint density at radius 3 is 2.71 bits per heavy atom. The van der Waals surface area contributed by atoms with Crippen LogP contribution in [0.5, 0.6) is 5.75 Å². The number of hydrogen-bond donors (Lipinski definition) is 2. The molecular weight excluding hydrogens is 323 g/mol. The van der Waals surface area contributed by atoms with E-state index >= 15 is 0 Å². The molecule has 1 amide bonds. The highest BCUT2D eigenvalue weighted by molar-refractivity contribution is 5.79. The van der Waals surface area contributed by atoms with Crippen molar-refractivity contribution >= 4 is 5.91 Å². The van der Waals surface area contributed by atoms with Crippen LogP contribution in [0.4, 0.5) is 13.2 Å². The van der Waals surface area contributed by atoms with E-state index in [1.54, 1.807) is 12.1 Å². The maximum absolute atomic E-state index is 12.2. The zero-order valence-corrected chi connectivity index (χ0v) is 13.3. The Balaban J connectivity index is 1.83. The van der Waals surface area contributed by atoms with Crippen LogP contribution in [0.25, 0.3) is 0 Å². The van der Waals surface area contributed by atoms with Gasteiger partial charge in [-0.1, -0.05) is 31.4 Å². The summed E-state index contributed by atoms with van der Waals surface area (Å²) in [5, 5.41) is 12.1. The standard InChI is InChI=1S/C17H22F3NO3/c18-17(19,20)11-24-15-6-2-5-13(8-15)9-16(23)21-14(10-22)7-12-3-1-4-12/h2,5-6,8,12,14,22H,1,3-4,7,9-11H2,(H,21,23)/t14-/m1/s1. The van der Waals surface area contributed by atoms with Crippen LogP contribution in [0.2, 0.25) is 0 Å². The molecule has 1 aliphatic rings. The Morgan fingerprint density at radius 1 is 1.38 bits per heavy atom. The topological polar surface area (TPSA) is 58.6 Å². The molecular formula is C17H22F3NO3. The predicted octanol–water partition coefficient (Wildman–Crippen LogP) is 2.84. The van der Waals surface area contributed by atoms with Gasteiger partial charge in [0, 0.05) is 0 Å². The summed E-state index contributed by atoms with van der Waals surface area (Å²) in [5.74, 6) is 0.369. The van der Waals surface area contributed by atoms with E-state index in [0.717, 1.165) is 19.3 Å². The molecule has 2 rings (SSSR count). The van der Waals surface area contributed by atoms with Crippen LogP contribution in [-0.2, 0) is 11.2 Å². The molecule has 0 radical (unpaired) electrons. The van der Waals surface area contributed by atoms with Gasteiger partial charge in [0.1, 0.15) is 5.75 Å². The first-order valence-corrected chi connectivity index (χ1v) is 8.04. The minimum absolute atomic E-state index is 0.0321. The first-order valence-electron chi connectivity index (χ1n) is 8.04. The molecule has 0 saturated heterocycles. The minimum atomic E-state index is -4.40. The van der Waals surface area contributed by atoms with Crippen molar-refractivity contribution in [1.82, 2.24) is 5.32 Å². The quantitative estimate of drug-likeness (QED) is 0.762. The van der Waals surface area contributed by atoms with E-state index in [4.69, 9.17) is 0 Å². The van der Waals surface area contributed by atoms with E-state index in [2.05, 4.69) is 10.1 Å². The Kier molecular flexibility index (Phi) is 6.48. The smallest absolute Gasteiger partial charge is 0.422 e. The molecule has 0 aliphatic heterocycles. The first kappa shape index (κ1) is 18.6. The second kappa shape index (κ2) is 8.37. The number of aliphatic hydroxyl groups excluding tert-OH is 1. The van der Waals surface area contributed by atoms with Gasteiger partial charge in [-0.15, -0.1) is 0 Å². The fraction of sp³-hybridized carbons (Fsp3) is 0.588. The zero-order chi connectivity index (χ0) is 17.6. The van der Waals surface area contributed by atoms with Gasteiger partial charge in [0.15, 0.2) is 6.61 Å². The summed E-state index contributed by atoms with van der Waals surface area (Å²) in [6, 6.07) is 5.77. The van der Waals surface area contributed by atoms with Crippen molar-refractivity contribution in [1.29, 1.82) is 0 Å². The van der Waals surface area contributed by atoms with Gasteiger partial charge >= 0.3 is 6.18 Å². The second-order valence-corrected chi connectivity index (χ2v) is 6.21. The number of amides is 1. The predicted molar refractivity (Wildman–Crippen MR) is 82.7 cm³/mol. The SMILES string of the molecule is O=C(Cc1cccc(OCC(F)(F)F)c1)N[C@@H](CO)CC1CCC1. The highest BCUT2D eigenvalue weighted by Crippen LogP contribution is 2.30. The monoisotopic (exact) mass is 345 g/mol. The number of hydrogen-bond acceptors (Lipinski definition) is 3. The van der Waals surface area contributed by atoms with E-state index in [-0.39, 0.29) is 30.7 Å². The largest absolute Gasteiger partial charge is 0.484 e. The number of carbonyl (C=O) groups is 1. The molecule has 0 aromatic heterocycles. The Morgan fingerprint density at radius 2 is 2.12 bits per heavy atom. The lowest BCUT2D eigenvalue weighted by Crippen LogP contribution is -2.40. The zero-order valence-electron chi connectivity index (χ0n) is 13.3. The van der Waals surface area contributed by atoms with Crippen LogP contribution in [0.15, 0.2) is 24.3 Å². The highest BCUT2D eigenvalue weighted by Gasteiger charge is 2.28. The third-order valence-electron chi connectivity index (χ3n) is 4.09. The Labute approximate surface area is 139 Å². The van der Waals surface area contributed by atoms with E-state index in [9.17, 15) is 23.1 Å². The fourth-order valence-electron chi connectivity index (χ4n) is 2.68. The summed E-state index contributed by atoms with van der Waals surface area (Å²) in [4.78, 5) is 12.1. The molecule has 24 heavy (non-hydrogen) atoms. The number of benzene rings is 1. The van der Waals surface area contributed by atoms with Crippen molar-refractivity contribution in [2.75, 3.05) is 13.2 Å². The van der Waals surface area contributed by atoms with Crippen molar-refractivity contribution in [3.8, 4) is 5.75 Å². The molecule has 0 spiro atoms. The molecule has 1 aromatic rings. The van der Waals surface area contributed by atoms with Crippen molar-refractivity contribution < 1.29 is 27.8 Å². The second-order valence-electron chi connectivity index (χ2n) is 6.21. The van der Waals surface area contributed by atoms with Gasteiger partial charge in [-0.25, -0.2) is 0 Å². The maximum atomic E-state index is 12.2.